The quantitative estimate of drug-likeness (QED) is 0.806. The second-order valence-corrected chi connectivity index (χ2v) is 6.32. The molecule has 0 bridgehead atoms. The summed E-state index contributed by atoms with van der Waals surface area (Å²) in [6, 6.07) is 0.780. The molecule has 0 aromatic rings. The first-order valence-corrected chi connectivity index (χ1v) is 7.48. The lowest BCUT2D eigenvalue weighted by atomic mass is 10.0. The lowest BCUT2D eigenvalue weighted by Crippen LogP contribution is -2.53. The van der Waals surface area contributed by atoms with Crippen molar-refractivity contribution in [1.82, 2.24) is 10.2 Å². The summed E-state index contributed by atoms with van der Waals surface area (Å²) < 4.78 is 5.76. The van der Waals surface area contributed by atoms with Gasteiger partial charge in [-0.05, 0) is 25.6 Å². The zero-order valence-electron chi connectivity index (χ0n) is 10.4. The van der Waals surface area contributed by atoms with Gasteiger partial charge in [0, 0.05) is 30.9 Å². The van der Waals surface area contributed by atoms with Gasteiger partial charge in [-0.25, -0.2) is 0 Å². The molecule has 2 rings (SSSR count). The number of nitrogens with one attached hydrogen (secondary N) is 1. The molecule has 2 fully saturated rings. The largest absolute Gasteiger partial charge is 0.374 e. The number of morpholine rings is 1. The fourth-order valence-corrected chi connectivity index (χ4v) is 4.02. The van der Waals surface area contributed by atoms with Crippen LogP contribution in [0.3, 0.4) is 0 Å². The van der Waals surface area contributed by atoms with Gasteiger partial charge in [0.1, 0.15) is 0 Å². The Morgan fingerprint density at radius 1 is 1.50 bits per heavy atom. The van der Waals surface area contributed by atoms with E-state index in [0.29, 0.717) is 6.10 Å². The summed E-state index contributed by atoms with van der Waals surface area (Å²) in [7, 11) is 2.00. The molecule has 94 valence electrons. The molecule has 0 saturated carbocycles. The third-order valence-corrected chi connectivity index (χ3v) is 5.00. The van der Waals surface area contributed by atoms with Gasteiger partial charge in [-0.15, -0.1) is 0 Å². The molecule has 3 nitrogen and oxygen atoms in total. The molecule has 2 heterocycles. The van der Waals surface area contributed by atoms with Crippen LogP contribution in [0.1, 0.15) is 19.8 Å². The van der Waals surface area contributed by atoms with Crippen LogP contribution >= 0.6 is 11.8 Å². The first kappa shape index (κ1) is 12.7. The monoisotopic (exact) mass is 244 g/mol. The van der Waals surface area contributed by atoms with Gasteiger partial charge in [0.2, 0.25) is 0 Å². The van der Waals surface area contributed by atoms with Crippen molar-refractivity contribution < 1.29 is 4.74 Å². The Bertz CT molecular complexity index is 213. The Kier molecular flexibility index (Phi) is 4.95. The topological polar surface area (TPSA) is 24.5 Å². The third-order valence-electron chi connectivity index (χ3n) is 3.64. The summed E-state index contributed by atoms with van der Waals surface area (Å²) in [6.45, 7) is 6.49. The lowest BCUT2D eigenvalue weighted by molar-refractivity contribution is -0.0425. The van der Waals surface area contributed by atoms with Gasteiger partial charge in [0.25, 0.3) is 0 Å². The maximum atomic E-state index is 5.76. The molecule has 2 aliphatic heterocycles. The van der Waals surface area contributed by atoms with Crippen LogP contribution in [0.2, 0.25) is 0 Å². The van der Waals surface area contributed by atoms with Crippen LogP contribution in [0.25, 0.3) is 0 Å². The van der Waals surface area contributed by atoms with E-state index in [9.17, 15) is 0 Å². The van der Waals surface area contributed by atoms with E-state index in [1.54, 1.807) is 0 Å². The van der Waals surface area contributed by atoms with E-state index in [1.165, 1.54) is 18.6 Å². The first-order valence-electron chi connectivity index (χ1n) is 6.43. The highest BCUT2D eigenvalue weighted by molar-refractivity contribution is 7.99. The van der Waals surface area contributed by atoms with Crippen molar-refractivity contribution in [2.45, 2.75) is 37.2 Å². The van der Waals surface area contributed by atoms with E-state index < -0.39 is 0 Å². The Morgan fingerprint density at radius 3 is 3.12 bits per heavy atom. The van der Waals surface area contributed by atoms with Crippen LogP contribution in [0, 0.1) is 0 Å². The molecule has 3 atom stereocenters. The minimum absolute atomic E-state index is 0.387. The van der Waals surface area contributed by atoms with Gasteiger partial charge < -0.3 is 10.1 Å². The Balaban J connectivity index is 1.87. The second-order valence-electron chi connectivity index (χ2n) is 4.83. The molecule has 0 amide bonds. The number of thioether (sulfide) groups is 1. The number of ether oxygens (including phenoxy) is 1. The number of likely N-dealkylation sites (N-methyl/N-ethyl adjacent to an activating group) is 1. The van der Waals surface area contributed by atoms with Gasteiger partial charge in [-0.1, -0.05) is 6.92 Å². The van der Waals surface area contributed by atoms with E-state index in [2.05, 4.69) is 28.9 Å². The summed E-state index contributed by atoms with van der Waals surface area (Å²) in [5.74, 6) is 1.35. The predicted molar refractivity (Wildman–Crippen MR) is 70.2 cm³/mol. The van der Waals surface area contributed by atoms with Crippen LogP contribution < -0.4 is 5.32 Å². The molecule has 0 spiro atoms. The first-order chi connectivity index (χ1) is 7.81. The van der Waals surface area contributed by atoms with E-state index in [0.717, 1.165) is 37.5 Å². The molecule has 4 heteroatoms. The molecule has 16 heavy (non-hydrogen) atoms. The van der Waals surface area contributed by atoms with Crippen LogP contribution in [0.5, 0.6) is 0 Å². The Labute approximate surface area is 103 Å². The van der Waals surface area contributed by atoms with E-state index in [-0.39, 0.29) is 0 Å². The Hall–Kier alpha value is 0.230. The summed E-state index contributed by atoms with van der Waals surface area (Å²) in [5, 5.41) is 4.01. The van der Waals surface area contributed by atoms with Crippen LogP contribution in [0.4, 0.5) is 0 Å². The maximum absolute atomic E-state index is 5.76. The fourth-order valence-electron chi connectivity index (χ4n) is 2.78. The molecule has 2 saturated heterocycles. The molecule has 0 aromatic heterocycles. The van der Waals surface area contributed by atoms with Crippen molar-refractivity contribution in [2.75, 3.05) is 39.0 Å². The molecule has 2 aliphatic rings. The van der Waals surface area contributed by atoms with Gasteiger partial charge in [-0.2, -0.15) is 11.8 Å². The van der Waals surface area contributed by atoms with Crippen LogP contribution in [-0.4, -0.2) is 61.3 Å². The number of rotatable bonds is 3. The van der Waals surface area contributed by atoms with Crippen LogP contribution in [0.15, 0.2) is 0 Å². The summed E-state index contributed by atoms with van der Waals surface area (Å²) >= 11 is 2.14. The average Bonchev–Trinajstić information content (AvgIpc) is 2.30. The normalized spacial score (nSPS) is 37.5. The predicted octanol–water partition coefficient (Wildman–Crippen LogP) is 1.19. The van der Waals surface area contributed by atoms with E-state index in [4.69, 9.17) is 4.74 Å². The Morgan fingerprint density at radius 2 is 2.38 bits per heavy atom. The van der Waals surface area contributed by atoms with Gasteiger partial charge in [-0.3, -0.25) is 4.90 Å². The number of hydrogen-bond donors (Lipinski definition) is 1. The molecular formula is C12H24N2OS. The zero-order chi connectivity index (χ0) is 11.4. The van der Waals surface area contributed by atoms with Crippen molar-refractivity contribution in [2.24, 2.45) is 0 Å². The standard InChI is InChI=1S/C12H24N2OS/c1-10-12(4-3-7-16-10)14-5-6-15-11(9-14)8-13-2/h10-13H,3-9H2,1-2H3. The van der Waals surface area contributed by atoms with E-state index in [1.807, 2.05) is 7.05 Å². The van der Waals surface area contributed by atoms with Crippen molar-refractivity contribution in [3.8, 4) is 0 Å². The second kappa shape index (κ2) is 6.24. The average molecular weight is 244 g/mol. The number of nitrogens with zero attached hydrogens (tertiary/aromatic N) is 1. The van der Waals surface area contributed by atoms with Crippen molar-refractivity contribution in [3.63, 3.8) is 0 Å². The van der Waals surface area contributed by atoms with Crippen molar-refractivity contribution >= 4 is 11.8 Å². The molecular weight excluding hydrogens is 220 g/mol. The molecule has 0 aromatic carbocycles. The minimum Gasteiger partial charge on any atom is -0.374 e. The highest BCUT2D eigenvalue weighted by Gasteiger charge is 2.31. The van der Waals surface area contributed by atoms with Gasteiger partial charge in [0.05, 0.1) is 12.7 Å². The SMILES string of the molecule is CNCC1CN(C2CCCSC2C)CCO1. The summed E-state index contributed by atoms with van der Waals surface area (Å²) in [5.41, 5.74) is 0. The molecule has 0 radical (unpaired) electrons. The highest BCUT2D eigenvalue weighted by Crippen LogP contribution is 2.29. The van der Waals surface area contributed by atoms with Crippen molar-refractivity contribution in [3.05, 3.63) is 0 Å². The molecule has 1 N–H and O–H groups in total. The van der Waals surface area contributed by atoms with Gasteiger partial charge >= 0.3 is 0 Å². The van der Waals surface area contributed by atoms with E-state index >= 15 is 0 Å². The highest BCUT2D eigenvalue weighted by atomic mass is 32.2. The summed E-state index contributed by atoms with van der Waals surface area (Å²) in [4.78, 5) is 2.66. The van der Waals surface area contributed by atoms with Crippen molar-refractivity contribution in [1.29, 1.82) is 0 Å². The lowest BCUT2D eigenvalue weighted by Gasteiger charge is -2.42. The zero-order valence-corrected chi connectivity index (χ0v) is 11.3. The van der Waals surface area contributed by atoms with Crippen LogP contribution in [-0.2, 0) is 4.74 Å². The minimum atomic E-state index is 0.387. The third kappa shape index (κ3) is 3.13. The maximum Gasteiger partial charge on any atom is 0.0826 e. The van der Waals surface area contributed by atoms with Gasteiger partial charge in [0.15, 0.2) is 0 Å². The fraction of sp³-hybridized carbons (Fsp3) is 1.00. The molecule has 3 unspecified atom stereocenters. The smallest absolute Gasteiger partial charge is 0.0826 e. The molecule has 0 aliphatic carbocycles. The summed E-state index contributed by atoms with van der Waals surface area (Å²) in [6.07, 6.45) is 3.15. The number of hydrogen-bond acceptors (Lipinski definition) is 4.